The lowest BCUT2D eigenvalue weighted by Gasteiger charge is -2.13. The first-order valence-electron chi connectivity index (χ1n) is 7.85. The van der Waals surface area contributed by atoms with E-state index < -0.39 is 15.9 Å². The molecule has 0 atom stereocenters. The van der Waals surface area contributed by atoms with Crippen molar-refractivity contribution in [2.45, 2.75) is 11.4 Å². The zero-order valence-electron chi connectivity index (χ0n) is 14.3. The van der Waals surface area contributed by atoms with Crippen molar-refractivity contribution in [2.75, 3.05) is 11.8 Å². The van der Waals surface area contributed by atoms with Crippen molar-refractivity contribution in [3.63, 3.8) is 0 Å². The maximum absolute atomic E-state index is 12.7. The van der Waals surface area contributed by atoms with Gasteiger partial charge in [0.05, 0.1) is 22.7 Å². The number of nitrogens with one attached hydrogen (secondary N) is 2. The average molecular weight is 406 g/mol. The van der Waals surface area contributed by atoms with E-state index >= 15 is 0 Å². The monoisotopic (exact) mass is 405 g/mol. The van der Waals surface area contributed by atoms with Gasteiger partial charge in [0.1, 0.15) is 12.7 Å². The predicted molar refractivity (Wildman–Crippen MR) is 101 cm³/mol. The zero-order valence-corrected chi connectivity index (χ0v) is 15.8. The van der Waals surface area contributed by atoms with Gasteiger partial charge >= 0.3 is 0 Å². The van der Waals surface area contributed by atoms with Gasteiger partial charge in [-0.15, -0.1) is 0 Å². The van der Waals surface area contributed by atoms with Crippen molar-refractivity contribution in [1.82, 2.24) is 20.1 Å². The second kappa shape index (κ2) is 7.77. The number of hydrogen-bond acceptors (Lipinski definition) is 5. The Hall–Kier alpha value is -2.91. The molecule has 1 heterocycles. The van der Waals surface area contributed by atoms with Crippen molar-refractivity contribution < 1.29 is 13.2 Å². The maximum atomic E-state index is 12.7. The number of halogens is 1. The molecule has 0 unspecified atom stereocenters. The van der Waals surface area contributed by atoms with Crippen LogP contribution >= 0.6 is 11.6 Å². The third-order valence-electron chi connectivity index (χ3n) is 3.74. The molecule has 8 nitrogen and oxygen atoms in total. The number of hydrogen-bond donors (Lipinski definition) is 2. The Kier molecular flexibility index (Phi) is 5.43. The molecule has 10 heteroatoms. The molecule has 0 aliphatic carbocycles. The Balaban J connectivity index is 1.84. The highest BCUT2D eigenvalue weighted by Gasteiger charge is 2.19. The largest absolute Gasteiger partial charge is 0.355 e. The molecule has 0 bridgehead atoms. The molecule has 27 heavy (non-hydrogen) atoms. The van der Waals surface area contributed by atoms with E-state index in [0.29, 0.717) is 11.6 Å². The lowest BCUT2D eigenvalue weighted by molar-refractivity contribution is 0.0964. The minimum absolute atomic E-state index is 0.0719. The topological polar surface area (TPSA) is 106 Å². The standard InChI is InChI=1S/C17H16ClN5O3S/c1-19-17(24)15-8-13(18)4-7-16(15)22-27(25,26)14-5-2-12(3-6-14)9-23-11-20-10-21-23/h2-8,10-11,22H,9H2,1H3,(H,19,24). The van der Waals surface area contributed by atoms with Gasteiger partial charge in [-0.25, -0.2) is 18.1 Å². The van der Waals surface area contributed by atoms with E-state index in [-0.39, 0.29) is 16.1 Å². The van der Waals surface area contributed by atoms with Crippen LogP contribution in [0.5, 0.6) is 0 Å². The van der Waals surface area contributed by atoms with Crippen LogP contribution in [-0.2, 0) is 16.6 Å². The van der Waals surface area contributed by atoms with E-state index in [0.717, 1.165) is 5.56 Å². The number of carbonyl (C=O) groups is 1. The van der Waals surface area contributed by atoms with Crippen LogP contribution in [0.4, 0.5) is 5.69 Å². The van der Waals surface area contributed by atoms with Crippen molar-refractivity contribution >= 4 is 33.2 Å². The Morgan fingerprint density at radius 1 is 1.19 bits per heavy atom. The van der Waals surface area contributed by atoms with Gasteiger partial charge in [0, 0.05) is 12.1 Å². The SMILES string of the molecule is CNC(=O)c1cc(Cl)ccc1NS(=O)(=O)c1ccc(Cn2cncn2)cc1. The number of amides is 1. The second-order valence-corrected chi connectivity index (χ2v) is 7.73. The molecule has 0 spiro atoms. The van der Waals surface area contributed by atoms with Crippen LogP contribution < -0.4 is 10.0 Å². The van der Waals surface area contributed by atoms with Crippen LogP contribution in [0.25, 0.3) is 0 Å². The Morgan fingerprint density at radius 2 is 1.93 bits per heavy atom. The van der Waals surface area contributed by atoms with Crippen molar-refractivity contribution in [3.8, 4) is 0 Å². The molecule has 0 aliphatic rings. The van der Waals surface area contributed by atoms with Gasteiger partial charge in [-0.3, -0.25) is 9.52 Å². The average Bonchev–Trinajstić information content (AvgIpc) is 3.16. The van der Waals surface area contributed by atoms with E-state index in [1.165, 1.54) is 43.7 Å². The van der Waals surface area contributed by atoms with Crippen LogP contribution in [0.1, 0.15) is 15.9 Å². The van der Waals surface area contributed by atoms with Gasteiger partial charge in [0.15, 0.2) is 0 Å². The van der Waals surface area contributed by atoms with Gasteiger partial charge in [0.2, 0.25) is 0 Å². The summed E-state index contributed by atoms with van der Waals surface area (Å²) in [7, 11) is -2.42. The molecular weight excluding hydrogens is 390 g/mol. The number of aromatic nitrogens is 3. The number of nitrogens with zero attached hydrogens (tertiary/aromatic N) is 3. The summed E-state index contributed by atoms with van der Waals surface area (Å²) in [6.07, 6.45) is 3.01. The minimum atomic E-state index is -3.88. The summed E-state index contributed by atoms with van der Waals surface area (Å²) in [5.41, 5.74) is 1.15. The second-order valence-electron chi connectivity index (χ2n) is 5.61. The molecule has 0 fully saturated rings. The molecule has 0 radical (unpaired) electrons. The Labute approximate surface area is 161 Å². The van der Waals surface area contributed by atoms with Crippen molar-refractivity contribution in [3.05, 3.63) is 71.3 Å². The fraction of sp³-hybridized carbons (Fsp3) is 0.118. The molecular formula is C17H16ClN5O3S. The molecule has 140 valence electrons. The minimum Gasteiger partial charge on any atom is -0.355 e. The van der Waals surface area contributed by atoms with Crippen LogP contribution in [0.3, 0.4) is 0 Å². The van der Waals surface area contributed by atoms with Crippen LogP contribution in [0.15, 0.2) is 60.0 Å². The maximum Gasteiger partial charge on any atom is 0.261 e. The summed E-state index contributed by atoms with van der Waals surface area (Å²) in [5.74, 6) is -0.446. The van der Waals surface area contributed by atoms with E-state index in [4.69, 9.17) is 11.6 Å². The highest BCUT2D eigenvalue weighted by Crippen LogP contribution is 2.24. The third kappa shape index (κ3) is 4.44. The van der Waals surface area contributed by atoms with E-state index in [9.17, 15) is 13.2 Å². The summed E-state index contributed by atoms with van der Waals surface area (Å²) in [5, 5.41) is 6.79. The number of benzene rings is 2. The summed E-state index contributed by atoms with van der Waals surface area (Å²) < 4.78 is 29.4. The molecule has 1 amide bonds. The fourth-order valence-corrected chi connectivity index (χ4v) is 3.66. The third-order valence-corrected chi connectivity index (χ3v) is 5.36. The molecule has 2 N–H and O–H groups in total. The first kappa shape index (κ1) is 18.9. The van der Waals surface area contributed by atoms with Gasteiger partial charge < -0.3 is 5.32 Å². The Morgan fingerprint density at radius 3 is 2.56 bits per heavy atom. The van der Waals surface area contributed by atoms with Gasteiger partial charge in [-0.1, -0.05) is 23.7 Å². The van der Waals surface area contributed by atoms with E-state index in [1.54, 1.807) is 23.1 Å². The van der Waals surface area contributed by atoms with Crippen molar-refractivity contribution in [1.29, 1.82) is 0 Å². The molecule has 2 aromatic carbocycles. The highest BCUT2D eigenvalue weighted by atomic mass is 35.5. The molecule has 0 saturated heterocycles. The smallest absolute Gasteiger partial charge is 0.261 e. The van der Waals surface area contributed by atoms with Crippen LogP contribution in [-0.4, -0.2) is 36.1 Å². The number of carbonyl (C=O) groups excluding carboxylic acids is 1. The molecule has 0 aliphatic heterocycles. The zero-order chi connectivity index (χ0) is 19.4. The summed E-state index contributed by atoms with van der Waals surface area (Å²) in [4.78, 5) is 15.9. The molecule has 3 aromatic rings. The Bertz CT molecular complexity index is 1050. The van der Waals surface area contributed by atoms with Gasteiger partial charge in [-0.2, -0.15) is 5.10 Å². The van der Waals surface area contributed by atoms with Gasteiger partial charge in [-0.05, 0) is 35.9 Å². The predicted octanol–water partition coefficient (Wildman–Crippen LogP) is 2.14. The highest BCUT2D eigenvalue weighted by molar-refractivity contribution is 7.92. The first-order valence-corrected chi connectivity index (χ1v) is 9.71. The van der Waals surface area contributed by atoms with Crippen molar-refractivity contribution in [2.24, 2.45) is 0 Å². The number of sulfonamides is 1. The van der Waals surface area contributed by atoms with Crippen LogP contribution in [0, 0.1) is 0 Å². The lowest BCUT2D eigenvalue weighted by Crippen LogP contribution is -2.21. The summed E-state index contributed by atoms with van der Waals surface area (Å²) >= 11 is 5.91. The summed E-state index contributed by atoms with van der Waals surface area (Å²) in [6, 6.07) is 10.7. The molecule has 3 rings (SSSR count). The number of rotatable bonds is 6. The quantitative estimate of drug-likeness (QED) is 0.653. The normalized spacial score (nSPS) is 11.2. The molecule has 0 saturated carbocycles. The van der Waals surface area contributed by atoms with E-state index in [1.807, 2.05) is 0 Å². The van der Waals surface area contributed by atoms with E-state index in [2.05, 4.69) is 20.1 Å². The van der Waals surface area contributed by atoms with Crippen LogP contribution in [0.2, 0.25) is 5.02 Å². The molecule has 1 aromatic heterocycles. The summed E-state index contributed by atoms with van der Waals surface area (Å²) in [6.45, 7) is 0.478. The fourth-order valence-electron chi connectivity index (χ4n) is 2.41. The first-order chi connectivity index (χ1) is 12.9. The lowest BCUT2D eigenvalue weighted by atomic mass is 10.2. The van der Waals surface area contributed by atoms with Gasteiger partial charge in [0.25, 0.3) is 15.9 Å². The number of anilines is 1.